The number of Topliss-reactive ketones (excluding diaryl/α,β-unsaturated/α-hetero) is 1. The Morgan fingerprint density at radius 3 is 2.21 bits per heavy atom. The molecule has 3 rings (SSSR count). The second kappa shape index (κ2) is 13.2. The van der Waals surface area contributed by atoms with Gasteiger partial charge in [0.2, 0.25) is 0 Å². The van der Waals surface area contributed by atoms with Crippen LogP contribution in [0.1, 0.15) is 80.6 Å². The molecular weight excluding hydrogens is 561 g/mol. The minimum atomic E-state index is -2.11. The number of hydrogen-bond acceptors (Lipinski definition) is 6. The number of ether oxygens (including phenoxy) is 4. The van der Waals surface area contributed by atoms with Crippen molar-refractivity contribution in [1.29, 1.82) is 0 Å². The number of allylic oxidation sites excluding steroid dienone is 2. The van der Waals surface area contributed by atoms with E-state index in [4.69, 9.17) is 23.4 Å². The highest BCUT2D eigenvalue weighted by molar-refractivity contribution is 6.76. The van der Waals surface area contributed by atoms with E-state index in [9.17, 15) is 4.79 Å². The Balaban J connectivity index is 2.03. The third-order valence-electron chi connectivity index (χ3n) is 11.7. The van der Waals surface area contributed by atoms with Gasteiger partial charge in [0.25, 0.3) is 0 Å². The lowest BCUT2D eigenvalue weighted by Gasteiger charge is -2.63. The third-order valence-corrected chi connectivity index (χ3v) is 17.9. The smallest absolute Gasteiger partial charge is 0.192 e. The molecule has 0 aromatic heterocycles. The molecule has 0 radical (unpaired) electrons. The molecule has 0 aromatic carbocycles. The van der Waals surface area contributed by atoms with E-state index in [1.165, 1.54) is 5.57 Å². The number of hydrogen-bond donors (Lipinski definition) is 0. The second-order valence-corrected chi connectivity index (χ2v) is 27.4. The molecule has 8 heteroatoms. The standard InChI is InChI=1S/C34H64O6Si2/c1-25-22-34(17-14-18-37-23-36-8)27(32(25,5)6)21-28(35)33(7)29(39-24-38-19-20-41(9,10)11)16-15-26(30(33)34)40-42(12,13)31(2,3)4/h22,26-27,29-30H,14-21,23-24H2,1-13H3/t26-,27-,29+,30-,33-,34+/m0/s1. The van der Waals surface area contributed by atoms with Gasteiger partial charge >= 0.3 is 0 Å². The number of rotatable bonds is 14. The lowest BCUT2D eigenvalue weighted by atomic mass is 9.43. The highest BCUT2D eigenvalue weighted by Gasteiger charge is 2.69. The van der Waals surface area contributed by atoms with Crippen LogP contribution in [-0.4, -0.2) is 68.3 Å². The zero-order chi connectivity index (χ0) is 31.8. The van der Waals surface area contributed by atoms with E-state index < -0.39 is 21.8 Å². The molecule has 42 heavy (non-hydrogen) atoms. The number of carbonyl (C=O) groups is 1. The lowest BCUT2D eigenvalue weighted by molar-refractivity contribution is -0.214. The number of fused-ring (bicyclic) bond motifs is 3. The molecule has 3 aliphatic carbocycles. The molecule has 2 fully saturated rings. The predicted molar refractivity (Wildman–Crippen MR) is 177 cm³/mol. The van der Waals surface area contributed by atoms with Gasteiger partial charge in [0.05, 0.1) is 11.5 Å². The van der Waals surface area contributed by atoms with Crippen molar-refractivity contribution in [2.75, 3.05) is 33.9 Å². The van der Waals surface area contributed by atoms with Crippen LogP contribution in [-0.2, 0) is 28.2 Å². The minimum Gasteiger partial charge on any atom is -0.414 e. The molecule has 0 bridgehead atoms. The lowest BCUT2D eigenvalue weighted by Crippen LogP contribution is -2.67. The molecule has 3 aliphatic rings. The van der Waals surface area contributed by atoms with Gasteiger partial charge in [-0.1, -0.05) is 65.9 Å². The Labute approximate surface area is 260 Å². The SMILES string of the molecule is COCOCCC[C@@]12C=C(C)C(C)(C)[C@@H]1CC(=O)[C@]1(C)[C@@H]2[C@@H](O[Si](C)(C)C(C)(C)C)CC[C@H]1OCOCC[Si](C)(C)C. The molecule has 0 saturated heterocycles. The fourth-order valence-corrected chi connectivity index (χ4v) is 10.1. The average Bonchev–Trinajstić information content (AvgIpc) is 3.03. The highest BCUT2D eigenvalue weighted by Crippen LogP contribution is 2.69. The molecule has 0 N–H and O–H groups in total. The van der Waals surface area contributed by atoms with Gasteiger partial charge in [-0.25, -0.2) is 0 Å². The van der Waals surface area contributed by atoms with Crippen LogP contribution in [0.5, 0.6) is 0 Å². The molecule has 0 heterocycles. The van der Waals surface area contributed by atoms with Gasteiger partial charge in [0.1, 0.15) is 19.4 Å². The van der Waals surface area contributed by atoms with Crippen LogP contribution in [0.4, 0.5) is 0 Å². The van der Waals surface area contributed by atoms with E-state index in [-0.39, 0.29) is 46.7 Å². The third kappa shape index (κ3) is 7.21. The maximum atomic E-state index is 14.6. The summed E-state index contributed by atoms with van der Waals surface area (Å²) >= 11 is 0. The Morgan fingerprint density at radius 2 is 1.62 bits per heavy atom. The van der Waals surface area contributed by atoms with Crippen molar-refractivity contribution < 1.29 is 28.2 Å². The summed E-state index contributed by atoms with van der Waals surface area (Å²) in [6.45, 7) is 29.8. The summed E-state index contributed by atoms with van der Waals surface area (Å²) < 4.78 is 30.9. The van der Waals surface area contributed by atoms with Crippen LogP contribution in [0.2, 0.25) is 43.8 Å². The minimum absolute atomic E-state index is 0.00754. The van der Waals surface area contributed by atoms with Crippen molar-refractivity contribution in [3.8, 4) is 0 Å². The summed E-state index contributed by atoms with van der Waals surface area (Å²) in [4.78, 5) is 14.6. The summed E-state index contributed by atoms with van der Waals surface area (Å²) in [6, 6.07) is 1.11. The first kappa shape index (κ1) is 36.1. The van der Waals surface area contributed by atoms with E-state index in [2.05, 4.69) is 87.3 Å². The Morgan fingerprint density at radius 1 is 0.976 bits per heavy atom. The van der Waals surface area contributed by atoms with E-state index in [0.717, 1.165) is 38.3 Å². The van der Waals surface area contributed by atoms with E-state index in [0.29, 0.717) is 25.6 Å². The molecule has 0 unspecified atom stereocenters. The fourth-order valence-electron chi connectivity index (χ4n) is 7.95. The molecule has 0 amide bonds. The first-order valence-corrected chi connectivity index (χ1v) is 23.0. The van der Waals surface area contributed by atoms with Crippen LogP contribution in [0.25, 0.3) is 0 Å². The van der Waals surface area contributed by atoms with Gasteiger partial charge in [0, 0.05) is 46.8 Å². The maximum absolute atomic E-state index is 14.6. The second-order valence-electron chi connectivity index (χ2n) is 17.0. The quantitative estimate of drug-likeness (QED) is 0.0836. The van der Waals surface area contributed by atoms with Gasteiger partial charge in [-0.05, 0) is 80.5 Å². The summed E-state index contributed by atoms with van der Waals surface area (Å²) in [5, 5.41) is 0.0842. The van der Waals surface area contributed by atoms with Gasteiger partial charge in [-0.3, -0.25) is 4.79 Å². The Kier molecular flexibility index (Phi) is 11.3. The molecule has 0 spiro atoms. The molecule has 6 nitrogen and oxygen atoms in total. The van der Waals surface area contributed by atoms with Crippen molar-refractivity contribution >= 4 is 22.2 Å². The van der Waals surface area contributed by atoms with Crippen molar-refractivity contribution in [1.82, 2.24) is 0 Å². The highest BCUT2D eigenvalue weighted by atomic mass is 28.4. The zero-order valence-electron chi connectivity index (χ0n) is 29.4. The summed E-state index contributed by atoms with van der Waals surface area (Å²) in [7, 11) is -1.63. The monoisotopic (exact) mass is 624 g/mol. The van der Waals surface area contributed by atoms with Crippen molar-refractivity contribution in [3.05, 3.63) is 11.6 Å². The van der Waals surface area contributed by atoms with Gasteiger partial charge < -0.3 is 23.4 Å². The van der Waals surface area contributed by atoms with Crippen molar-refractivity contribution in [2.45, 2.75) is 137 Å². The van der Waals surface area contributed by atoms with Gasteiger partial charge in [-0.15, -0.1) is 0 Å². The van der Waals surface area contributed by atoms with E-state index >= 15 is 0 Å². The summed E-state index contributed by atoms with van der Waals surface area (Å²) in [5.41, 5.74) is 0.528. The summed E-state index contributed by atoms with van der Waals surface area (Å²) in [5.74, 6) is 0.607. The zero-order valence-corrected chi connectivity index (χ0v) is 31.4. The maximum Gasteiger partial charge on any atom is 0.192 e. The van der Waals surface area contributed by atoms with Crippen LogP contribution in [0.15, 0.2) is 11.6 Å². The van der Waals surface area contributed by atoms with Crippen LogP contribution in [0.3, 0.4) is 0 Å². The molecular formula is C34H64O6Si2. The molecule has 0 aromatic rings. The topological polar surface area (TPSA) is 63.2 Å². The normalized spacial score (nSPS) is 33.4. The van der Waals surface area contributed by atoms with E-state index in [1.54, 1.807) is 7.11 Å². The van der Waals surface area contributed by atoms with Gasteiger partial charge in [-0.2, -0.15) is 0 Å². The van der Waals surface area contributed by atoms with Crippen molar-refractivity contribution in [3.63, 3.8) is 0 Å². The average molecular weight is 625 g/mol. The first-order chi connectivity index (χ1) is 19.2. The van der Waals surface area contributed by atoms with Gasteiger partial charge in [0.15, 0.2) is 8.32 Å². The molecule has 0 aliphatic heterocycles. The largest absolute Gasteiger partial charge is 0.414 e. The number of carbonyl (C=O) groups excluding carboxylic acids is 1. The Hall–Kier alpha value is -0.356. The predicted octanol–water partition coefficient (Wildman–Crippen LogP) is 8.45. The van der Waals surface area contributed by atoms with Crippen LogP contribution in [0, 0.1) is 28.1 Å². The van der Waals surface area contributed by atoms with Crippen molar-refractivity contribution in [2.24, 2.45) is 28.1 Å². The molecule has 244 valence electrons. The first-order valence-electron chi connectivity index (χ1n) is 16.4. The van der Waals surface area contributed by atoms with E-state index in [1.807, 2.05) is 0 Å². The van der Waals surface area contributed by atoms with Crippen LogP contribution < -0.4 is 0 Å². The number of methoxy groups -OCH3 is 1. The molecule has 2 saturated carbocycles. The summed E-state index contributed by atoms with van der Waals surface area (Å²) in [6.07, 6.45) is 6.58. The number of ketones is 1. The molecule has 6 atom stereocenters. The Bertz CT molecular complexity index is 964. The fraction of sp³-hybridized carbons (Fsp3) is 0.912. The van der Waals surface area contributed by atoms with Crippen LogP contribution >= 0.6 is 0 Å².